The summed E-state index contributed by atoms with van der Waals surface area (Å²) in [5.74, 6) is 0. The molecule has 1 aromatic heterocycles. The average molecular weight is 248 g/mol. The Balaban J connectivity index is 1.79. The summed E-state index contributed by atoms with van der Waals surface area (Å²) < 4.78 is 0. The molecule has 17 heavy (non-hydrogen) atoms. The molecule has 3 rings (SSSR count). The Kier molecular flexibility index (Phi) is 2.36. The van der Waals surface area contributed by atoms with Crippen LogP contribution < -0.4 is 16.3 Å². The third-order valence-electron chi connectivity index (χ3n) is 2.69. The van der Waals surface area contributed by atoms with Gasteiger partial charge in [-0.15, -0.1) is 0 Å². The predicted molar refractivity (Wildman–Crippen MR) is 71.3 cm³/mol. The first-order valence-electron chi connectivity index (χ1n) is 5.50. The lowest BCUT2D eigenvalue weighted by Crippen LogP contribution is -2.30. The first-order chi connectivity index (χ1) is 8.20. The summed E-state index contributed by atoms with van der Waals surface area (Å²) in [6.07, 6.45) is 2.37. The molecular weight excluding hydrogens is 236 g/mol. The van der Waals surface area contributed by atoms with Crippen molar-refractivity contribution in [3.63, 3.8) is 0 Å². The van der Waals surface area contributed by atoms with Crippen molar-refractivity contribution in [1.82, 2.24) is 15.3 Å². The van der Waals surface area contributed by atoms with E-state index in [0.29, 0.717) is 11.2 Å². The summed E-state index contributed by atoms with van der Waals surface area (Å²) in [7, 11) is 0. The van der Waals surface area contributed by atoms with Crippen LogP contribution in [0.15, 0.2) is 23.0 Å². The van der Waals surface area contributed by atoms with Gasteiger partial charge < -0.3 is 20.6 Å². The van der Waals surface area contributed by atoms with E-state index < -0.39 is 0 Å². The molecule has 0 radical (unpaired) electrons. The van der Waals surface area contributed by atoms with Crippen LogP contribution in [-0.4, -0.2) is 21.1 Å². The minimum absolute atomic E-state index is 0.198. The predicted octanol–water partition coefficient (Wildman–Crippen LogP) is 1.30. The number of anilines is 1. The molecule has 1 fully saturated rings. The minimum Gasteiger partial charge on any atom is -0.360 e. The largest absolute Gasteiger partial charge is 0.360 e. The van der Waals surface area contributed by atoms with E-state index >= 15 is 0 Å². The van der Waals surface area contributed by atoms with Crippen LogP contribution >= 0.6 is 12.2 Å². The highest BCUT2D eigenvalue weighted by molar-refractivity contribution is 7.80. The van der Waals surface area contributed by atoms with Gasteiger partial charge in [0, 0.05) is 11.7 Å². The van der Waals surface area contributed by atoms with Crippen LogP contribution in [0.25, 0.3) is 11.0 Å². The van der Waals surface area contributed by atoms with E-state index in [2.05, 4.69) is 20.6 Å². The van der Waals surface area contributed by atoms with Gasteiger partial charge in [-0.05, 0) is 43.3 Å². The number of thiocarbonyl (C=S) groups is 1. The number of aromatic nitrogens is 2. The normalized spacial score (nSPS) is 14.8. The minimum atomic E-state index is -0.198. The molecule has 1 heterocycles. The van der Waals surface area contributed by atoms with Crippen LogP contribution in [0.1, 0.15) is 12.8 Å². The molecule has 1 saturated carbocycles. The van der Waals surface area contributed by atoms with Gasteiger partial charge in [0.15, 0.2) is 5.11 Å². The Labute approximate surface area is 103 Å². The van der Waals surface area contributed by atoms with Crippen LogP contribution in [0.4, 0.5) is 5.69 Å². The van der Waals surface area contributed by atoms with Gasteiger partial charge >= 0.3 is 5.69 Å². The van der Waals surface area contributed by atoms with Crippen molar-refractivity contribution in [3.8, 4) is 0 Å². The van der Waals surface area contributed by atoms with Gasteiger partial charge in [0.2, 0.25) is 0 Å². The molecule has 0 bridgehead atoms. The Bertz CT molecular complexity index is 626. The number of H-pyrrole nitrogens is 2. The molecule has 1 aromatic carbocycles. The summed E-state index contributed by atoms with van der Waals surface area (Å²) >= 11 is 5.18. The zero-order valence-corrected chi connectivity index (χ0v) is 9.86. The van der Waals surface area contributed by atoms with Crippen molar-refractivity contribution in [2.75, 3.05) is 5.32 Å². The Morgan fingerprint density at radius 3 is 2.82 bits per heavy atom. The van der Waals surface area contributed by atoms with Crippen molar-refractivity contribution in [2.45, 2.75) is 18.9 Å². The van der Waals surface area contributed by atoms with Gasteiger partial charge in [0.1, 0.15) is 0 Å². The summed E-state index contributed by atoms with van der Waals surface area (Å²) in [4.78, 5) is 16.5. The Morgan fingerprint density at radius 1 is 1.29 bits per heavy atom. The molecule has 4 N–H and O–H groups in total. The van der Waals surface area contributed by atoms with Gasteiger partial charge in [-0.25, -0.2) is 4.79 Å². The van der Waals surface area contributed by atoms with E-state index in [1.807, 2.05) is 18.2 Å². The highest BCUT2D eigenvalue weighted by Gasteiger charge is 2.21. The van der Waals surface area contributed by atoms with Gasteiger partial charge in [0.05, 0.1) is 11.0 Å². The van der Waals surface area contributed by atoms with Crippen LogP contribution in [0.3, 0.4) is 0 Å². The molecule has 88 valence electrons. The maximum atomic E-state index is 11.1. The van der Waals surface area contributed by atoms with Gasteiger partial charge in [0.25, 0.3) is 0 Å². The molecule has 0 amide bonds. The van der Waals surface area contributed by atoms with Crippen molar-refractivity contribution in [3.05, 3.63) is 28.7 Å². The first-order valence-corrected chi connectivity index (χ1v) is 5.91. The maximum Gasteiger partial charge on any atom is 0.323 e. The second kappa shape index (κ2) is 3.89. The highest BCUT2D eigenvalue weighted by atomic mass is 32.1. The topological polar surface area (TPSA) is 72.7 Å². The quantitative estimate of drug-likeness (QED) is 0.605. The number of hydrogen-bond acceptors (Lipinski definition) is 2. The maximum absolute atomic E-state index is 11.1. The van der Waals surface area contributed by atoms with Crippen molar-refractivity contribution < 1.29 is 0 Å². The first kappa shape index (κ1) is 10.3. The van der Waals surface area contributed by atoms with Crippen molar-refractivity contribution in [1.29, 1.82) is 0 Å². The SMILES string of the molecule is O=c1[nH]c2ccc(NC(=S)NC3CC3)cc2[nH]1. The molecule has 0 saturated heterocycles. The zero-order chi connectivity index (χ0) is 11.8. The number of benzene rings is 1. The van der Waals surface area contributed by atoms with Gasteiger partial charge in [-0.3, -0.25) is 0 Å². The average Bonchev–Trinajstić information content (AvgIpc) is 2.98. The number of rotatable bonds is 2. The van der Waals surface area contributed by atoms with Gasteiger partial charge in [-0.2, -0.15) is 0 Å². The number of aromatic amines is 2. The summed E-state index contributed by atoms with van der Waals surface area (Å²) in [6, 6.07) is 6.11. The fourth-order valence-electron chi connectivity index (χ4n) is 1.69. The molecule has 0 atom stereocenters. The summed E-state index contributed by atoms with van der Waals surface area (Å²) in [5.41, 5.74) is 2.23. The van der Waals surface area contributed by atoms with Crippen LogP contribution in [0.2, 0.25) is 0 Å². The second-order valence-electron chi connectivity index (χ2n) is 4.21. The Morgan fingerprint density at radius 2 is 2.06 bits per heavy atom. The second-order valence-corrected chi connectivity index (χ2v) is 4.62. The molecule has 2 aromatic rings. The van der Waals surface area contributed by atoms with E-state index in [1.165, 1.54) is 12.8 Å². The summed E-state index contributed by atoms with van der Waals surface area (Å²) in [5, 5.41) is 6.92. The molecule has 1 aliphatic rings. The number of fused-ring (bicyclic) bond motifs is 1. The molecule has 5 nitrogen and oxygen atoms in total. The molecule has 0 aliphatic heterocycles. The lowest BCUT2D eigenvalue weighted by molar-refractivity contribution is 0.919. The molecule has 0 spiro atoms. The van der Waals surface area contributed by atoms with E-state index in [-0.39, 0.29) is 5.69 Å². The van der Waals surface area contributed by atoms with E-state index in [1.54, 1.807) is 0 Å². The van der Waals surface area contributed by atoms with E-state index in [0.717, 1.165) is 16.7 Å². The van der Waals surface area contributed by atoms with Crippen LogP contribution in [-0.2, 0) is 0 Å². The molecular formula is C11H12N4OS. The fourth-order valence-corrected chi connectivity index (χ4v) is 1.98. The molecule has 1 aliphatic carbocycles. The van der Waals surface area contributed by atoms with Gasteiger partial charge in [-0.1, -0.05) is 0 Å². The van der Waals surface area contributed by atoms with Crippen molar-refractivity contribution >= 4 is 34.1 Å². The van der Waals surface area contributed by atoms with E-state index in [4.69, 9.17) is 12.2 Å². The number of nitrogens with one attached hydrogen (secondary N) is 4. The number of hydrogen-bond donors (Lipinski definition) is 4. The Hall–Kier alpha value is -1.82. The third kappa shape index (κ3) is 2.31. The molecule has 6 heteroatoms. The smallest absolute Gasteiger partial charge is 0.323 e. The van der Waals surface area contributed by atoms with Crippen LogP contribution in [0.5, 0.6) is 0 Å². The summed E-state index contributed by atoms with van der Waals surface area (Å²) in [6.45, 7) is 0. The number of imidazole rings is 1. The zero-order valence-electron chi connectivity index (χ0n) is 9.04. The third-order valence-corrected chi connectivity index (χ3v) is 2.91. The lowest BCUT2D eigenvalue weighted by Gasteiger charge is -2.09. The fraction of sp³-hybridized carbons (Fsp3) is 0.273. The van der Waals surface area contributed by atoms with Crippen molar-refractivity contribution in [2.24, 2.45) is 0 Å². The highest BCUT2D eigenvalue weighted by Crippen LogP contribution is 2.19. The van der Waals surface area contributed by atoms with E-state index in [9.17, 15) is 4.79 Å². The lowest BCUT2D eigenvalue weighted by atomic mass is 10.3. The standard InChI is InChI=1S/C11H12N4OS/c16-10-14-8-4-3-7(5-9(8)15-10)13-11(17)12-6-1-2-6/h3-6H,1-2H2,(H2,12,13,17)(H2,14,15,16). The van der Waals surface area contributed by atoms with Crippen LogP contribution in [0, 0.1) is 0 Å². The molecule has 0 unspecified atom stereocenters. The monoisotopic (exact) mass is 248 g/mol.